The minimum absolute atomic E-state index is 0.274. The summed E-state index contributed by atoms with van der Waals surface area (Å²) in [6.07, 6.45) is 2.35. The van der Waals surface area contributed by atoms with Crippen LogP contribution >= 0.6 is 0 Å². The van der Waals surface area contributed by atoms with E-state index in [-0.39, 0.29) is 6.10 Å². The zero-order valence-corrected chi connectivity index (χ0v) is 15.6. The van der Waals surface area contributed by atoms with Crippen molar-refractivity contribution in [1.29, 1.82) is 0 Å². The molecule has 136 valence electrons. The van der Waals surface area contributed by atoms with Gasteiger partial charge in [-0.2, -0.15) is 5.10 Å². The first-order valence-electron chi connectivity index (χ1n) is 9.12. The lowest BCUT2D eigenvalue weighted by atomic mass is 10.1. The van der Waals surface area contributed by atoms with Crippen LogP contribution in [0.4, 0.5) is 0 Å². The van der Waals surface area contributed by atoms with Crippen molar-refractivity contribution in [3.63, 3.8) is 0 Å². The van der Waals surface area contributed by atoms with Gasteiger partial charge >= 0.3 is 0 Å². The third kappa shape index (κ3) is 5.06. The van der Waals surface area contributed by atoms with Gasteiger partial charge in [-0.1, -0.05) is 12.1 Å². The quantitative estimate of drug-likeness (QED) is 0.775. The highest BCUT2D eigenvalue weighted by molar-refractivity contribution is 5.27. The Hall–Kier alpha value is -1.85. The van der Waals surface area contributed by atoms with Crippen LogP contribution in [0.15, 0.2) is 30.3 Å². The van der Waals surface area contributed by atoms with Crippen molar-refractivity contribution < 1.29 is 9.47 Å². The summed E-state index contributed by atoms with van der Waals surface area (Å²) in [6.45, 7) is 9.11. The van der Waals surface area contributed by atoms with Crippen molar-refractivity contribution in [1.82, 2.24) is 14.7 Å². The molecule has 0 aliphatic carbocycles. The Labute approximate surface area is 150 Å². The van der Waals surface area contributed by atoms with Crippen molar-refractivity contribution in [3.05, 3.63) is 47.3 Å². The summed E-state index contributed by atoms with van der Waals surface area (Å²) < 4.78 is 13.3. The van der Waals surface area contributed by atoms with Crippen LogP contribution in [0.1, 0.15) is 23.4 Å². The maximum atomic E-state index is 5.97. The molecule has 2 aromatic rings. The van der Waals surface area contributed by atoms with Gasteiger partial charge < -0.3 is 9.47 Å². The molecule has 1 saturated heterocycles. The molecule has 1 fully saturated rings. The maximum Gasteiger partial charge on any atom is 0.118 e. The van der Waals surface area contributed by atoms with E-state index >= 15 is 0 Å². The second kappa shape index (κ2) is 8.50. The van der Waals surface area contributed by atoms with E-state index in [0.29, 0.717) is 0 Å². The number of aromatic nitrogens is 2. The summed E-state index contributed by atoms with van der Waals surface area (Å²) in [5, 5.41) is 4.54. The highest BCUT2D eigenvalue weighted by Crippen LogP contribution is 2.16. The van der Waals surface area contributed by atoms with E-state index in [1.165, 1.54) is 11.3 Å². The van der Waals surface area contributed by atoms with Crippen molar-refractivity contribution in [2.24, 2.45) is 0 Å². The summed E-state index contributed by atoms with van der Waals surface area (Å²) in [4.78, 5) is 2.52. The monoisotopic (exact) mass is 343 g/mol. The number of nitrogens with zero attached hydrogens (tertiary/aromatic N) is 3. The van der Waals surface area contributed by atoms with Crippen LogP contribution in [-0.2, 0) is 17.7 Å². The van der Waals surface area contributed by atoms with E-state index in [9.17, 15) is 0 Å². The van der Waals surface area contributed by atoms with E-state index in [1.54, 1.807) is 7.11 Å². The summed E-state index contributed by atoms with van der Waals surface area (Å²) in [5.74, 6) is 0.902. The fraction of sp³-hybridized carbons (Fsp3) is 0.550. The second-order valence-electron chi connectivity index (χ2n) is 6.85. The van der Waals surface area contributed by atoms with Crippen LogP contribution < -0.4 is 4.74 Å². The van der Waals surface area contributed by atoms with Crippen LogP contribution in [0.5, 0.6) is 5.75 Å². The van der Waals surface area contributed by atoms with Gasteiger partial charge in [-0.3, -0.25) is 9.58 Å². The molecule has 0 unspecified atom stereocenters. The van der Waals surface area contributed by atoms with Gasteiger partial charge in [-0.25, -0.2) is 0 Å². The number of rotatable bonds is 7. The molecule has 0 saturated carbocycles. The highest BCUT2D eigenvalue weighted by atomic mass is 16.5. The molecule has 0 N–H and O–H groups in total. The lowest BCUT2D eigenvalue weighted by Crippen LogP contribution is -2.43. The van der Waals surface area contributed by atoms with Crippen molar-refractivity contribution in [2.75, 3.05) is 33.4 Å². The first-order chi connectivity index (χ1) is 12.1. The molecule has 1 aliphatic heterocycles. The third-order valence-electron chi connectivity index (χ3n) is 4.79. The van der Waals surface area contributed by atoms with Crippen molar-refractivity contribution in [3.8, 4) is 5.75 Å². The molecule has 25 heavy (non-hydrogen) atoms. The molecule has 0 bridgehead atoms. The minimum Gasteiger partial charge on any atom is -0.497 e. The van der Waals surface area contributed by atoms with Gasteiger partial charge in [0, 0.05) is 31.9 Å². The Bertz CT molecular complexity index is 666. The Morgan fingerprint density at radius 2 is 2.00 bits per heavy atom. The Kier molecular flexibility index (Phi) is 6.10. The van der Waals surface area contributed by atoms with Crippen molar-refractivity contribution in [2.45, 2.75) is 39.3 Å². The van der Waals surface area contributed by atoms with Gasteiger partial charge in [0.05, 0.1) is 25.5 Å². The minimum atomic E-state index is 0.274. The van der Waals surface area contributed by atoms with Crippen LogP contribution in [0.2, 0.25) is 0 Å². The molecule has 5 heteroatoms. The number of benzene rings is 1. The molecule has 1 aromatic heterocycles. The van der Waals surface area contributed by atoms with Crippen LogP contribution in [0.3, 0.4) is 0 Å². The van der Waals surface area contributed by atoms with E-state index < -0.39 is 0 Å². The predicted octanol–water partition coefficient (Wildman–Crippen LogP) is 2.84. The molecular formula is C20H29N3O2. The smallest absolute Gasteiger partial charge is 0.118 e. The van der Waals surface area contributed by atoms with E-state index in [0.717, 1.165) is 57.1 Å². The van der Waals surface area contributed by atoms with Crippen molar-refractivity contribution >= 4 is 0 Å². The molecular weight excluding hydrogens is 314 g/mol. The molecule has 2 heterocycles. The number of aryl methyl sites for hydroxylation is 3. The molecule has 1 aromatic carbocycles. The lowest BCUT2D eigenvalue weighted by Gasteiger charge is -2.33. The average molecular weight is 343 g/mol. The Morgan fingerprint density at radius 3 is 2.68 bits per heavy atom. The van der Waals surface area contributed by atoms with Crippen LogP contribution in [0.25, 0.3) is 0 Å². The zero-order valence-electron chi connectivity index (χ0n) is 15.6. The highest BCUT2D eigenvalue weighted by Gasteiger charge is 2.20. The SMILES string of the molecule is COc1ccc(C[C@H]2CN(CCCn3nc(C)cc3C)CCO2)cc1. The summed E-state index contributed by atoms with van der Waals surface area (Å²) >= 11 is 0. The van der Waals surface area contributed by atoms with Gasteiger partial charge in [0.2, 0.25) is 0 Å². The number of morpholine rings is 1. The standard InChI is InChI=1S/C20H29N3O2/c1-16-13-17(2)23(21-16)10-4-9-22-11-12-25-20(15-22)14-18-5-7-19(24-3)8-6-18/h5-8,13,20H,4,9-12,14-15H2,1-3H3/t20-/m0/s1. The molecule has 3 rings (SSSR count). The second-order valence-corrected chi connectivity index (χ2v) is 6.85. The van der Waals surface area contributed by atoms with Gasteiger partial charge in [-0.15, -0.1) is 0 Å². The van der Waals surface area contributed by atoms with Gasteiger partial charge in [0.1, 0.15) is 5.75 Å². The number of hydrogen-bond acceptors (Lipinski definition) is 4. The van der Waals surface area contributed by atoms with Gasteiger partial charge in [0.25, 0.3) is 0 Å². The zero-order chi connectivity index (χ0) is 17.6. The first-order valence-corrected chi connectivity index (χ1v) is 9.12. The van der Waals surface area contributed by atoms with Gasteiger partial charge in [0.15, 0.2) is 0 Å². The maximum absolute atomic E-state index is 5.97. The molecule has 5 nitrogen and oxygen atoms in total. The van der Waals surface area contributed by atoms with Crippen LogP contribution in [0, 0.1) is 13.8 Å². The van der Waals surface area contributed by atoms with Crippen LogP contribution in [-0.4, -0.2) is 54.1 Å². The van der Waals surface area contributed by atoms with E-state index in [1.807, 2.05) is 12.1 Å². The predicted molar refractivity (Wildman–Crippen MR) is 99.2 cm³/mol. The normalized spacial score (nSPS) is 18.4. The summed E-state index contributed by atoms with van der Waals surface area (Å²) in [5.41, 5.74) is 3.65. The molecule has 1 atom stereocenters. The molecule has 0 radical (unpaired) electrons. The fourth-order valence-corrected chi connectivity index (χ4v) is 3.48. The number of ether oxygens (including phenoxy) is 2. The molecule has 0 spiro atoms. The Balaban J connectivity index is 1.45. The first kappa shape index (κ1) is 18.0. The number of hydrogen-bond donors (Lipinski definition) is 0. The fourth-order valence-electron chi connectivity index (χ4n) is 3.48. The largest absolute Gasteiger partial charge is 0.497 e. The van der Waals surface area contributed by atoms with Gasteiger partial charge in [-0.05, 0) is 50.5 Å². The average Bonchev–Trinajstić information content (AvgIpc) is 2.93. The Morgan fingerprint density at radius 1 is 1.20 bits per heavy atom. The van der Waals surface area contributed by atoms with E-state index in [2.05, 4.69) is 46.7 Å². The number of methoxy groups -OCH3 is 1. The molecule has 0 amide bonds. The summed E-state index contributed by atoms with van der Waals surface area (Å²) in [7, 11) is 1.70. The molecule has 1 aliphatic rings. The van der Waals surface area contributed by atoms with E-state index in [4.69, 9.17) is 9.47 Å². The summed E-state index contributed by atoms with van der Waals surface area (Å²) in [6, 6.07) is 10.4. The third-order valence-corrected chi connectivity index (χ3v) is 4.79. The topological polar surface area (TPSA) is 39.5 Å². The lowest BCUT2D eigenvalue weighted by molar-refractivity contribution is -0.0281.